The van der Waals surface area contributed by atoms with Gasteiger partial charge in [-0.15, -0.1) is 0 Å². The smallest absolute Gasteiger partial charge is 0.407 e. The van der Waals surface area contributed by atoms with E-state index in [4.69, 9.17) is 10.00 Å². The Hall–Kier alpha value is -2.09. The molecule has 0 bridgehead atoms. The summed E-state index contributed by atoms with van der Waals surface area (Å²) in [4.78, 5) is 15.3. The molecule has 5 nitrogen and oxygen atoms in total. The van der Waals surface area contributed by atoms with Crippen molar-refractivity contribution in [1.29, 1.82) is 5.26 Å². The number of nitrogens with zero attached hydrogens (tertiary/aromatic N) is 2. The summed E-state index contributed by atoms with van der Waals surface area (Å²) < 4.78 is 5.11. The molecule has 0 aliphatic heterocycles. The Balaban J connectivity index is 2.38. The number of carbonyl (C=O) groups excluding carboxylic acids is 1. The van der Waals surface area contributed by atoms with Gasteiger partial charge in [0.1, 0.15) is 17.4 Å². The van der Waals surface area contributed by atoms with Gasteiger partial charge < -0.3 is 10.1 Å². The van der Waals surface area contributed by atoms with Crippen LogP contribution in [0.1, 0.15) is 32.0 Å². The van der Waals surface area contributed by atoms with Gasteiger partial charge in [0.05, 0.1) is 0 Å². The minimum absolute atomic E-state index is 0.379. The standard InChI is InChI=1S/C13H17N3O2/c1-13(2,3)18-12(17)16-7-5-10-4-6-15-11(8-10)9-14/h4,6,8H,5,7H2,1-3H3,(H,16,17). The van der Waals surface area contributed by atoms with Crippen molar-refractivity contribution in [2.75, 3.05) is 6.54 Å². The van der Waals surface area contributed by atoms with Gasteiger partial charge in [-0.2, -0.15) is 5.26 Å². The zero-order chi connectivity index (χ0) is 13.6. The lowest BCUT2D eigenvalue weighted by Gasteiger charge is -2.19. The summed E-state index contributed by atoms with van der Waals surface area (Å²) in [6.45, 7) is 5.90. The third-order valence-electron chi connectivity index (χ3n) is 2.02. The van der Waals surface area contributed by atoms with Gasteiger partial charge in [-0.25, -0.2) is 9.78 Å². The second-order valence-corrected chi connectivity index (χ2v) is 4.84. The van der Waals surface area contributed by atoms with Gasteiger partial charge >= 0.3 is 6.09 Å². The number of aromatic nitrogens is 1. The monoisotopic (exact) mass is 247 g/mol. The Bertz CT molecular complexity index is 458. The molecule has 0 saturated heterocycles. The fourth-order valence-corrected chi connectivity index (χ4v) is 1.31. The highest BCUT2D eigenvalue weighted by Crippen LogP contribution is 2.06. The van der Waals surface area contributed by atoms with Crippen molar-refractivity contribution in [3.63, 3.8) is 0 Å². The van der Waals surface area contributed by atoms with Crippen molar-refractivity contribution < 1.29 is 9.53 Å². The number of ether oxygens (including phenoxy) is 1. The largest absolute Gasteiger partial charge is 0.444 e. The highest BCUT2D eigenvalue weighted by atomic mass is 16.6. The van der Waals surface area contributed by atoms with Crippen LogP contribution in [-0.4, -0.2) is 23.2 Å². The first-order chi connectivity index (χ1) is 8.40. The summed E-state index contributed by atoms with van der Waals surface area (Å²) in [5.41, 5.74) is 0.844. The molecule has 18 heavy (non-hydrogen) atoms. The van der Waals surface area contributed by atoms with E-state index < -0.39 is 11.7 Å². The number of rotatable bonds is 3. The second kappa shape index (κ2) is 6.01. The molecule has 0 fully saturated rings. The quantitative estimate of drug-likeness (QED) is 0.886. The number of hydrogen-bond donors (Lipinski definition) is 1. The molecule has 1 aromatic rings. The van der Waals surface area contributed by atoms with Crippen molar-refractivity contribution in [3.8, 4) is 6.07 Å². The molecule has 0 spiro atoms. The van der Waals surface area contributed by atoms with Crippen LogP contribution in [0.2, 0.25) is 0 Å². The lowest BCUT2D eigenvalue weighted by molar-refractivity contribution is 0.0528. The number of nitriles is 1. The Morgan fingerprint density at radius 2 is 2.28 bits per heavy atom. The zero-order valence-corrected chi connectivity index (χ0v) is 10.9. The van der Waals surface area contributed by atoms with Crippen LogP contribution in [0.4, 0.5) is 4.79 Å². The molecule has 1 N–H and O–H groups in total. The van der Waals surface area contributed by atoms with Crippen molar-refractivity contribution in [2.45, 2.75) is 32.8 Å². The van der Waals surface area contributed by atoms with E-state index in [2.05, 4.69) is 10.3 Å². The Kier molecular flexibility index (Phi) is 4.67. The first-order valence-electron chi connectivity index (χ1n) is 5.72. The van der Waals surface area contributed by atoms with Gasteiger partial charge in [-0.3, -0.25) is 0 Å². The number of carbonyl (C=O) groups is 1. The minimum atomic E-state index is -0.491. The summed E-state index contributed by atoms with van der Waals surface area (Å²) in [7, 11) is 0. The molecule has 0 saturated carbocycles. The average molecular weight is 247 g/mol. The molecule has 96 valence electrons. The molecule has 0 atom stereocenters. The normalized spacial score (nSPS) is 10.6. The molecule has 0 aromatic carbocycles. The molecule has 1 rings (SSSR count). The van der Waals surface area contributed by atoms with Gasteiger partial charge in [0.25, 0.3) is 0 Å². The topological polar surface area (TPSA) is 75.0 Å². The number of hydrogen-bond acceptors (Lipinski definition) is 4. The van der Waals surface area contributed by atoms with Gasteiger partial charge in [0, 0.05) is 12.7 Å². The number of pyridine rings is 1. The maximum absolute atomic E-state index is 11.4. The van der Waals surface area contributed by atoms with Crippen LogP contribution >= 0.6 is 0 Å². The number of amides is 1. The third kappa shape index (κ3) is 5.30. The summed E-state index contributed by atoms with van der Waals surface area (Å²) in [5.74, 6) is 0. The van der Waals surface area contributed by atoms with Gasteiger partial charge in [0.2, 0.25) is 0 Å². The van der Waals surface area contributed by atoms with Gasteiger partial charge in [0.15, 0.2) is 0 Å². The fraction of sp³-hybridized carbons (Fsp3) is 0.462. The van der Waals surface area contributed by atoms with Crippen LogP contribution in [0.15, 0.2) is 18.3 Å². The second-order valence-electron chi connectivity index (χ2n) is 4.84. The van der Waals surface area contributed by atoms with Crippen molar-refractivity contribution in [3.05, 3.63) is 29.6 Å². The Labute approximate surface area is 107 Å². The lowest BCUT2D eigenvalue weighted by Crippen LogP contribution is -2.33. The van der Waals surface area contributed by atoms with Crippen LogP contribution in [0.5, 0.6) is 0 Å². The maximum atomic E-state index is 11.4. The molecule has 1 aromatic heterocycles. The van der Waals surface area contributed by atoms with E-state index in [-0.39, 0.29) is 0 Å². The molecular weight excluding hydrogens is 230 g/mol. The summed E-state index contributed by atoms with van der Waals surface area (Å²) >= 11 is 0. The van der Waals surface area contributed by atoms with Crippen LogP contribution in [0, 0.1) is 11.3 Å². The van der Waals surface area contributed by atoms with Gasteiger partial charge in [-0.05, 0) is 44.9 Å². The summed E-state index contributed by atoms with van der Waals surface area (Å²) in [6.07, 6.45) is 1.79. The van der Waals surface area contributed by atoms with E-state index in [0.29, 0.717) is 18.7 Å². The molecule has 1 heterocycles. The van der Waals surface area contributed by atoms with Crippen LogP contribution in [0.3, 0.4) is 0 Å². The van der Waals surface area contributed by atoms with E-state index >= 15 is 0 Å². The molecule has 1 amide bonds. The van der Waals surface area contributed by atoms with Crippen molar-refractivity contribution in [2.24, 2.45) is 0 Å². The Morgan fingerprint density at radius 1 is 1.56 bits per heavy atom. The summed E-state index contributed by atoms with van der Waals surface area (Å²) in [6, 6.07) is 5.50. The molecule has 0 unspecified atom stereocenters. The predicted octanol–water partition coefficient (Wildman–Crippen LogP) is 2.02. The van der Waals surface area contributed by atoms with Crippen LogP contribution in [0.25, 0.3) is 0 Å². The lowest BCUT2D eigenvalue weighted by atomic mass is 10.2. The van der Waals surface area contributed by atoms with E-state index in [1.807, 2.05) is 32.9 Å². The molecule has 0 aliphatic rings. The first kappa shape index (κ1) is 14.0. The minimum Gasteiger partial charge on any atom is -0.444 e. The van der Waals surface area contributed by atoms with E-state index in [1.165, 1.54) is 0 Å². The predicted molar refractivity (Wildman–Crippen MR) is 66.9 cm³/mol. The number of nitrogens with one attached hydrogen (secondary N) is 1. The first-order valence-corrected chi connectivity index (χ1v) is 5.72. The fourth-order valence-electron chi connectivity index (χ4n) is 1.31. The maximum Gasteiger partial charge on any atom is 0.407 e. The number of alkyl carbamates (subject to hydrolysis) is 1. The highest BCUT2D eigenvalue weighted by molar-refractivity contribution is 5.67. The van der Waals surface area contributed by atoms with Gasteiger partial charge in [-0.1, -0.05) is 0 Å². The average Bonchev–Trinajstić information content (AvgIpc) is 2.27. The highest BCUT2D eigenvalue weighted by Gasteiger charge is 2.15. The van der Waals surface area contributed by atoms with E-state index in [0.717, 1.165) is 5.56 Å². The van der Waals surface area contributed by atoms with Crippen LogP contribution in [-0.2, 0) is 11.2 Å². The molecule has 5 heteroatoms. The van der Waals surface area contributed by atoms with E-state index in [1.54, 1.807) is 12.3 Å². The van der Waals surface area contributed by atoms with Crippen molar-refractivity contribution >= 4 is 6.09 Å². The van der Waals surface area contributed by atoms with Crippen molar-refractivity contribution in [1.82, 2.24) is 10.3 Å². The third-order valence-corrected chi connectivity index (χ3v) is 2.02. The molecule has 0 aliphatic carbocycles. The van der Waals surface area contributed by atoms with Crippen LogP contribution < -0.4 is 5.32 Å². The molecule has 0 radical (unpaired) electrons. The summed E-state index contributed by atoms with van der Waals surface area (Å²) in [5, 5.41) is 11.4. The zero-order valence-electron chi connectivity index (χ0n) is 10.9. The SMILES string of the molecule is CC(C)(C)OC(=O)NCCc1ccnc(C#N)c1. The van der Waals surface area contributed by atoms with E-state index in [9.17, 15) is 4.79 Å². The Morgan fingerprint density at radius 3 is 2.89 bits per heavy atom. The molecular formula is C13H17N3O2.